The smallest absolute Gasteiger partial charge is 0.387 e. The number of nitrogens with two attached hydrogens (primary N) is 1. The molecule has 1 aliphatic rings. The SMILES string of the molecule is Cc1nc2c(N)ncnc2n1[C@@H]1O[C@H](COP(=O)(O)OP(=O)(O)OP(=O)(O)O)[C@H](O)[C@@H]1O. The molecule has 21 heteroatoms. The fraction of sp³-hybridized carbons (Fsp3) is 0.545. The maximum absolute atomic E-state index is 11.8. The Bertz CT molecular complexity index is 1150. The molecule has 18 nitrogen and oxygen atoms in total. The van der Waals surface area contributed by atoms with Crippen LogP contribution in [0.1, 0.15) is 12.1 Å². The summed E-state index contributed by atoms with van der Waals surface area (Å²) in [4.78, 5) is 47.7. The van der Waals surface area contributed by atoms with Gasteiger partial charge in [0.2, 0.25) is 0 Å². The van der Waals surface area contributed by atoms with Gasteiger partial charge >= 0.3 is 23.5 Å². The van der Waals surface area contributed by atoms with Crippen LogP contribution >= 0.6 is 23.5 Å². The summed E-state index contributed by atoms with van der Waals surface area (Å²) in [6, 6.07) is 0. The lowest BCUT2D eigenvalue weighted by Gasteiger charge is -2.19. The normalized spacial score (nSPS) is 28.0. The molecular formula is C11H18N5O13P3. The Balaban J connectivity index is 1.73. The lowest BCUT2D eigenvalue weighted by molar-refractivity contribution is -0.0511. The van der Waals surface area contributed by atoms with Gasteiger partial charge in [0.25, 0.3) is 0 Å². The van der Waals surface area contributed by atoms with Crippen LogP contribution in [0, 0.1) is 6.92 Å². The second-order valence-corrected chi connectivity index (χ2v) is 10.8. The molecule has 2 unspecified atom stereocenters. The van der Waals surface area contributed by atoms with Crippen molar-refractivity contribution in [2.24, 2.45) is 0 Å². The molecule has 2 aromatic heterocycles. The van der Waals surface area contributed by atoms with Crippen LogP contribution in [0.5, 0.6) is 0 Å². The number of hydrogen-bond acceptors (Lipinski definition) is 13. The highest BCUT2D eigenvalue weighted by atomic mass is 31.3. The van der Waals surface area contributed by atoms with E-state index < -0.39 is 54.6 Å². The molecule has 3 heterocycles. The number of imidazole rings is 1. The van der Waals surface area contributed by atoms with Gasteiger partial charge in [0.15, 0.2) is 23.2 Å². The number of nitrogens with zero attached hydrogens (tertiary/aromatic N) is 4. The quantitative estimate of drug-likeness (QED) is 0.198. The molecule has 0 aromatic carbocycles. The van der Waals surface area contributed by atoms with E-state index in [4.69, 9.17) is 25.2 Å². The van der Waals surface area contributed by atoms with E-state index in [1.54, 1.807) is 0 Å². The predicted molar refractivity (Wildman–Crippen MR) is 100 cm³/mol. The van der Waals surface area contributed by atoms with Crippen LogP contribution in [0.4, 0.5) is 5.82 Å². The standard InChI is InChI=1S/C11H18N5O13P3/c1-4-15-6-9(12)13-3-14-10(6)16(4)11-8(18)7(17)5(27-11)2-26-31(22,23)29-32(24,25)28-30(19,20)21/h3,5,7-8,11,17-18H,2H2,1H3,(H,22,23)(H,24,25)(H2,12,13,14)(H2,19,20,21)/t5-,7+,8+,11-/m1/s1. The first-order chi connectivity index (χ1) is 14.6. The molecule has 32 heavy (non-hydrogen) atoms. The van der Waals surface area contributed by atoms with Crippen molar-refractivity contribution in [2.75, 3.05) is 12.3 Å². The van der Waals surface area contributed by atoms with E-state index in [1.807, 2.05) is 0 Å². The monoisotopic (exact) mass is 521 g/mol. The molecule has 6 atom stereocenters. The molecule has 1 fully saturated rings. The highest BCUT2D eigenvalue weighted by Gasteiger charge is 2.47. The highest BCUT2D eigenvalue weighted by molar-refractivity contribution is 7.66. The minimum atomic E-state index is -5.71. The number of hydrogen-bond donors (Lipinski definition) is 7. The zero-order valence-corrected chi connectivity index (χ0v) is 18.5. The van der Waals surface area contributed by atoms with Crippen molar-refractivity contribution in [3.8, 4) is 0 Å². The lowest BCUT2D eigenvalue weighted by Crippen LogP contribution is -2.33. The van der Waals surface area contributed by atoms with Crippen LogP contribution < -0.4 is 5.73 Å². The number of aromatic nitrogens is 4. The summed E-state index contributed by atoms with van der Waals surface area (Å²) < 4.78 is 52.2. The zero-order chi connectivity index (χ0) is 24.1. The van der Waals surface area contributed by atoms with Gasteiger partial charge in [-0.15, -0.1) is 0 Å². The number of ether oxygens (including phenoxy) is 1. The van der Waals surface area contributed by atoms with Crippen LogP contribution in [0.3, 0.4) is 0 Å². The van der Waals surface area contributed by atoms with Crippen molar-refractivity contribution < 1.29 is 61.4 Å². The average molecular weight is 521 g/mol. The van der Waals surface area contributed by atoms with Crippen molar-refractivity contribution in [1.82, 2.24) is 19.5 Å². The van der Waals surface area contributed by atoms with Gasteiger partial charge in [-0.1, -0.05) is 0 Å². The van der Waals surface area contributed by atoms with Crippen molar-refractivity contribution in [3.63, 3.8) is 0 Å². The van der Waals surface area contributed by atoms with Gasteiger partial charge in [0.05, 0.1) is 6.61 Å². The van der Waals surface area contributed by atoms with E-state index in [9.17, 15) is 28.8 Å². The van der Waals surface area contributed by atoms with Gasteiger partial charge in [-0.2, -0.15) is 8.62 Å². The van der Waals surface area contributed by atoms with Gasteiger partial charge < -0.3 is 40.3 Å². The Labute approximate surface area is 178 Å². The summed E-state index contributed by atoms with van der Waals surface area (Å²) in [6.45, 7) is 0.574. The first kappa shape index (κ1) is 25.3. The minimum Gasteiger partial charge on any atom is -0.387 e. The Morgan fingerprint density at radius 2 is 1.75 bits per heavy atom. The number of nitrogen functional groups attached to an aromatic ring is 1. The number of phosphoric ester groups is 1. The number of aryl methyl sites for hydroxylation is 1. The number of rotatable bonds is 8. The van der Waals surface area contributed by atoms with Crippen molar-refractivity contribution in [2.45, 2.75) is 31.5 Å². The summed E-state index contributed by atoms with van der Waals surface area (Å²) >= 11 is 0. The number of aliphatic hydroxyl groups excluding tert-OH is 2. The molecule has 0 saturated carbocycles. The molecule has 1 aliphatic heterocycles. The second-order valence-electron chi connectivity index (χ2n) is 6.39. The molecule has 0 radical (unpaired) electrons. The molecule has 2 aromatic rings. The first-order valence-corrected chi connectivity index (χ1v) is 12.9. The second kappa shape index (κ2) is 8.77. The van der Waals surface area contributed by atoms with Gasteiger partial charge in [-0.25, -0.2) is 28.6 Å². The fourth-order valence-electron chi connectivity index (χ4n) is 2.89. The summed E-state index contributed by atoms with van der Waals surface area (Å²) in [6.07, 6.45) is -4.89. The van der Waals surface area contributed by atoms with E-state index in [1.165, 1.54) is 11.5 Å². The number of aliphatic hydroxyl groups is 2. The molecule has 1 saturated heterocycles. The number of phosphoric acid groups is 3. The summed E-state index contributed by atoms with van der Waals surface area (Å²) in [5, 5.41) is 20.6. The van der Waals surface area contributed by atoms with E-state index in [-0.39, 0.29) is 22.8 Å². The lowest BCUT2D eigenvalue weighted by atomic mass is 10.1. The third-order valence-electron chi connectivity index (χ3n) is 4.09. The highest BCUT2D eigenvalue weighted by Crippen LogP contribution is 2.66. The van der Waals surface area contributed by atoms with E-state index in [0.717, 1.165) is 6.33 Å². The van der Waals surface area contributed by atoms with Crippen LogP contribution in [0.2, 0.25) is 0 Å². The maximum atomic E-state index is 11.8. The van der Waals surface area contributed by atoms with Gasteiger partial charge in [-0.3, -0.25) is 9.09 Å². The zero-order valence-electron chi connectivity index (χ0n) is 15.8. The molecule has 0 bridgehead atoms. The Kier molecular flexibility index (Phi) is 6.93. The number of anilines is 1. The third kappa shape index (κ3) is 5.58. The van der Waals surface area contributed by atoms with E-state index >= 15 is 0 Å². The topological polar surface area (TPSA) is 279 Å². The van der Waals surface area contributed by atoms with E-state index in [0.29, 0.717) is 0 Å². The molecule has 0 spiro atoms. The molecule has 8 N–H and O–H groups in total. The van der Waals surface area contributed by atoms with Crippen molar-refractivity contribution >= 4 is 40.4 Å². The van der Waals surface area contributed by atoms with Crippen LogP contribution in [-0.4, -0.2) is 74.2 Å². The summed E-state index contributed by atoms with van der Waals surface area (Å²) in [5.74, 6) is 0.325. The third-order valence-corrected chi connectivity index (χ3v) is 7.89. The van der Waals surface area contributed by atoms with Gasteiger partial charge in [0.1, 0.15) is 30.5 Å². The van der Waals surface area contributed by atoms with Gasteiger partial charge in [-0.05, 0) is 6.92 Å². The number of fused-ring (bicyclic) bond motifs is 1. The molecular weight excluding hydrogens is 503 g/mol. The Morgan fingerprint density at radius 1 is 1.09 bits per heavy atom. The van der Waals surface area contributed by atoms with Crippen LogP contribution in [-0.2, 0) is 31.6 Å². The van der Waals surface area contributed by atoms with Crippen LogP contribution in [0.15, 0.2) is 6.33 Å². The minimum absolute atomic E-state index is 0.0501. The fourth-order valence-corrected chi connectivity index (χ4v) is 5.92. The Hall–Kier alpha value is -1.36. The summed E-state index contributed by atoms with van der Waals surface area (Å²) in [5.41, 5.74) is 6.10. The molecule has 3 rings (SSSR count). The largest absolute Gasteiger partial charge is 0.490 e. The summed E-state index contributed by atoms with van der Waals surface area (Å²) in [7, 11) is -16.7. The van der Waals surface area contributed by atoms with Crippen LogP contribution in [0.25, 0.3) is 11.2 Å². The van der Waals surface area contributed by atoms with Crippen molar-refractivity contribution in [1.29, 1.82) is 0 Å². The molecule has 0 amide bonds. The molecule has 180 valence electrons. The first-order valence-electron chi connectivity index (χ1n) is 8.35. The Morgan fingerprint density at radius 3 is 2.38 bits per heavy atom. The average Bonchev–Trinajstić information content (AvgIpc) is 3.08. The maximum Gasteiger partial charge on any atom is 0.490 e. The van der Waals surface area contributed by atoms with Gasteiger partial charge in [0, 0.05) is 0 Å². The van der Waals surface area contributed by atoms with E-state index in [2.05, 4.69) is 28.1 Å². The van der Waals surface area contributed by atoms with Crippen molar-refractivity contribution in [3.05, 3.63) is 12.2 Å². The molecule has 0 aliphatic carbocycles. The predicted octanol–water partition coefficient (Wildman–Crippen LogP) is -1.32.